The van der Waals surface area contributed by atoms with Gasteiger partial charge in [-0.2, -0.15) is 0 Å². The molecular weight excluding hydrogens is 84.1 g/mol. The summed E-state index contributed by atoms with van der Waals surface area (Å²) in [6.07, 6.45) is 2.00. The van der Waals surface area contributed by atoms with Crippen LogP contribution in [0.1, 0.15) is 27.7 Å². The molecule has 0 saturated carbocycles. The maximum absolute atomic E-state index is 3.64. The highest BCUT2D eigenvalue weighted by Crippen LogP contribution is 1.80. The second-order valence-electron chi connectivity index (χ2n) is 1.97. The summed E-state index contributed by atoms with van der Waals surface area (Å²) in [5.41, 5.74) is 0. The Morgan fingerprint density at radius 1 is 1.29 bits per heavy atom. The van der Waals surface area contributed by atoms with Crippen molar-refractivity contribution in [2.75, 3.05) is 0 Å². The minimum atomic E-state index is 0.583. The topological polar surface area (TPSA) is 0 Å². The number of hydrogen-bond donors (Lipinski definition) is 0. The van der Waals surface area contributed by atoms with Gasteiger partial charge in [0.1, 0.15) is 0 Å². The highest BCUT2D eigenvalue weighted by molar-refractivity contribution is 4.38. The van der Waals surface area contributed by atoms with Gasteiger partial charge in [0.05, 0.1) is 0 Å². The maximum Gasteiger partial charge on any atom is -0.0448 e. The molecule has 0 heterocycles. The Balaban J connectivity index is 0. The van der Waals surface area contributed by atoms with Crippen LogP contribution >= 0.6 is 0 Å². The molecule has 0 spiro atoms. The van der Waals surface area contributed by atoms with Crippen molar-refractivity contribution < 1.29 is 0 Å². The first kappa shape index (κ1) is 10.1. The Morgan fingerprint density at radius 2 is 1.29 bits per heavy atom. The van der Waals surface area contributed by atoms with Crippen LogP contribution in [0, 0.1) is 19.3 Å². The molecule has 0 atom stereocenters. The smallest absolute Gasteiger partial charge is 0.0448 e. The highest BCUT2D eigenvalue weighted by Gasteiger charge is 1.68. The van der Waals surface area contributed by atoms with E-state index in [-0.39, 0.29) is 0 Å². The Labute approximate surface area is 47.9 Å². The molecule has 0 aromatic rings. The lowest BCUT2D eigenvalue weighted by molar-refractivity contribution is 0.827. The summed E-state index contributed by atoms with van der Waals surface area (Å²) >= 11 is 0. The van der Waals surface area contributed by atoms with E-state index in [4.69, 9.17) is 0 Å². The van der Waals surface area contributed by atoms with E-state index in [0.717, 1.165) is 0 Å². The van der Waals surface area contributed by atoms with Crippen molar-refractivity contribution in [3.05, 3.63) is 13.3 Å². The standard InChI is InChI=1S/C4H9.C3H7/c1-4(2)3;1-3-2/h4H,1H2,2-3H3;3H,1-2H3. The van der Waals surface area contributed by atoms with Crippen molar-refractivity contribution in [1.29, 1.82) is 0 Å². The summed E-state index contributed by atoms with van der Waals surface area (Å²) in [6.45, 7) is 11.8. The lowest BCUT2D eigenvalue weighted by Crippen LogP contribution is -1.67. The molecule has 0 rings (SSSR count). The Kier molecular flexibility index (Phi) is 13.5. The summed E-state index contributed by atoms with van der Waals surface area (Å²) in [7, 11) is 0. The van der Waals surface area contributed by atoms with Crippen molar-refractivity contribution in [2.24, 2.45) is 5.92 Å². The van der Waals surface area contributed by atoms with E-state index in [1.165, 1.54) is 0 Å². The van der Waals surface area contributed by atoms with E-state index in [2.05, 4.69) is 20.8 Å². The van der Waals surface area contributed by atoms with Crippen molar-refractivity contribution in [1.82, 2.24) is 0 Å². The molecule has 0 saturated heterocycles. The number of hydrogen-bond acceptors (Lipinski definition) is 0. The normalized spacial score (nSPS) is 7.71. The zero-order valence-corrected chi connectivity index (χ0v) is 5.86. The van der Waals surface area contributed by atoms with Crippen LogP contribution in [-0.2, 0) is 0 Å². The van der Waals surface area contributed by atoms with Crippen molar-refractivity contribution in [3.63, 3.8) is 0 Å². The first-order valence-electron chi connectivity index (χ1n) is 2.72. The van der Waals surface area contributed by atoms with Gasteiger partial charge in [-0.05, 0) is 12.3 Å². The van der Waals surface area contributed by atoms with Crippen LogP contribution in [0.25, 0.3) is 0 Å². The number of rotatable bonds is 0. The lowest BCUT2D eigenvalue weighted by atomic mass is 10.3. The van der Waals surface area contributed by atoms with Crippen LogP contribution < -0.4 is 0 Å². The third kappa shape index (κ3) is 0. The molecule has 0 N–H and O–H groups in total. The van der Waals surface area contributed by atoms with E-state index in [1.54, 1.807) is 0 Å². The van der Waals surface area contributed by atoms with E-state index >= 15 is 0 Å². The SMILES string of the molecule is C[CH]C.[CH2]C(C)C. The van der Waals surface area contributed by atoms with Gasteiger partial charge in [-0.3, -0.25) is 0 Å². The molecule has 2 radical (unpaired) electrons. The van der Waals surface area contributed by atoms with Crippen LogP contribution in [0.5, 0.6) is 0 Å². The fourth-order valence-corrected chi connectivity index (χ4v) is 0. The third-order valence-corrected chi connectivity index (χ3v) is 0. The largest absolute Gasteiger partial charge is 0.0628 e. The first-order valence-corrected chi connectivity index (χ1v) is 2.72. The molecule has 0 aromatic heterocycles. The van der Waals surface area contributed by atoms with Crippen LogP contribution in [0.15, 0.2) is 0 Å². The van der Waals surface area contributed by atoms with Gasteiger partial charge in [0.15, 0.2) is 0 Å². The van der Waals surface area contributed by atoms with E-state index in [9.17, 15) is 0 Å². The molecule has 0 aliphatic rings. The molecule has 0 aliphatic carbocycles. The molecule has 0 aromatic carbocycles. The van der Waals surface area contributed by atoms with Crippen molar-refractivity contribution in [2.45, 2.75) is 27.7 Å². The molecule has 0 heteroatoms. The summed E-state index contributed by atoms with van der Waals surface area (Å²) in [6, 6.07) is 0. The monoisotopic (exact) mass is 100 g/mol. The Hall–Kier alpha value is 0. The van der Waals surface area contributed by atoms with Crippen LogP contribution in [0.3, 0.4) is 0 Å². The molecule has 0 unspecified atom stereocenters. The minimum absolute atomic E-state index is 0.583. The van der Waals surface area contributed by atoms with Gasteiger partial charge >= 0.3 is 0 Å². The van der Waals surface area contributed by atoms with Crippen LogP contribution in [0.2, 0.25) is 0 Å². The molecule has 7 heavy (non-hydrogen) atoms. The molecule has 0 amide bonds. The molecular formula is C7H16. The fraction of sp³-hybridized carbons (Fsp3) is 0.714. The Bertz CT molecular complexity index is 11.2. The van der Waals surface area contributed by atoms with Gasteiger partial charge in [-0.25, -0.2) is 0 Å². The zero-order valence-electron chi connectivity index (χ0n) is 5.86. The van der Waals surface area contributed by atoms with E-state index in [0.29, 0.717) is 5.92 Å². The second-order valence-corrected chi connectivity index (χ2v) is 1.97. The third-order valence-electron chi connectivity index (χ3n) is 0. The molecule has 0 nitrogen and oxygen atoms in total. The van der Waals surface area contributed by atoms with E-state index in [1.807, 2.05) is 20.3 Å². The van der Waals surface area contributed by atoms with Gasteiger partial charge in [0.25, 0.3) is 0 Å². The minimum Gasteiger partial charge on any atom is -0.0628 e. The summed E-state index contributed by atoms with van der Waals surface area (Å²) in [4.78, 5) is 0. The average Bonchev–Trinajstić information content (AvgIpc) is 1.33. The van der Waals surface area contributed by atoms with Gasteiger partial charge in [0.2, 0.25) is 0 Å². The molecule has 0 bridgehead atoms. The van der Waals surface area contributed by atoms with Gasteiger partial charge < -0.3 is 0 Å². The van der Waals surface area contributed by atoms with Crippen LogP contribution in [0.4, 0.5) is 0 Å². The summed E-state index contributed by atoms with van der Waals surface area (Å²) < 4.78 is 0. The first-order chi connectivity index (χ1) is 3.15. The van der Waals surface area contributed by atoms with Crippen molar-refractivity contribution >= 4 is 0 Å². The quantitative estimate of drug-likeness (QED) is 0.439. The lowest BCUT2D eigenvalue weighted by Gasteiger charge is -1.78. The maximum atomic E-state index is 3.64. The fourth-order valence-electron chi connectivity index (χ4n) is 0. The van der Waals surface area contributed by atoms with E-state index < -0.39 is 0 Å². The summed E-state index contributed by atoms with van der Waals surface area (Å²) in [5.74, 6) is 0.583. The highest BCUT2D eigenvalue weighted by atomic mass is 13.7. The van der Waals surface area contributed by atoms with Crippen molar-refractivity contribution in [3.8, 4) is 0 Å². The van der Waals surface area contributed by atoms with Gasteiger partial charge in [0, 0.05) is 0 Å². The molecule has 0 aliphatic heterocycles. The summed E-state index contributed by atoms with van der Waals surface area (Å²) in [5, 5.41) is 0. The predicted octanol–water partition coefficient (Wildman–Crippen LogP) is 2.71. The Morgan fingerprint density at radius 3 is 1.29 bits per heavy atom. The van der Waals surface area contributed by atoms with Gasteiger partial charge in [-0.15, -0.1) is 0 Å². The second kappa shape index (κ2) is 9.38. The van der Waals surface area contributed by atoms with Gasteiger partial charge in [-0.1, -0.05) is 34.6 Å². The predicted molar refractivity (Wildman–Crippen MR) is 35.8 cm³/mol. The molecule has 44 valence electrons. The zero-order chi connectivity index (χ0) is 6.28. The average molecular weight is 100 g/mol. The van der Waals surface area contributed by atoms with Crippen LogP contribution in [-0.4, -0.2) is 0 Å². The molecule has 0 fully saturated rings.